The van der Waals surface area contributed by atoms with Gasteiger partial charge in [0.1, 0.15) is 6.04 Å². The molecule has 0 aromatic heterocycles. The number of carbonyl (C=O) groups is 2. The van der Waals surface area contributed by atoms with Crippen molar-refractivity contribution in [2.45, 2.75) is 51.0 Å². The van der Waals surface area contributed by atoms with Gasteiger partial charge in [0, 0.05) is 13.0 Å². The first-order valence-corrected chi connectivity index (χ1v) is 9.48. The van der Waals surface area contributed by atoms with Crippen LogP contribution in [0.25, 0.3) is 0 Å². The van der Waals surface area contributed by atoms with Crippen LogP contribution in [0.5, 0.6) is 0 Å². The van der Waals surface area contributed by atoms with Crippen LogP contribution in [0.15, 0.2) is 24.3 Å². The van der Waals surface area contributed by atoms with Gasteiger partial charge >= 0.3 is 0 Å². The molecular weight excluding hydrogens is 373 g/mol. The SMILES string of the molecule is Cl.NCC1(CC(=O)NC2CCN(c3ccccc3Cl)C2=O)CCCCC1. The van der Waals surface area contributed by atoms with E-state index < -0.39 is 6.04 Å². The Morgan fingerprint density at radius 3 is 2.62 bits per heavy atom. The van der Waals surface area contributed by atoms with Crippen LogP contribution in [0, 0.1) is 5.41 Å². The lowest BCUT2D eigenvalue weighted by atomic mass is 9.71. The third-order valence-corrected chi connectivity index (χ3v) is 5.89. The van der Waals surface area contributed by atoms with E-state index in [1.54, 1.807) is 11.0 Å². The highest BCUT2D eigenvalue weighted by Gasteiger charge is 2.37. The van der Waals surface area contributed by atoms with E-state index in [-0.39, 0.29) is 29.6 Å². The number of rotatable bonds is 5. The van der Waals surface area contributed by atoms with Crippen LogP contribution in [-0.2, 0) is 9.59 Å². The van der Waals surface area contributed by atoms with E-state index in [1.165, 1.54) is 6.42 Å². The van der Waals surface area contributed by atoms with E-state index in [2.05, 4.69) is 5.32 Å². The molecule has 0 radical (unpaired) electrons. The number of nitrogens with two attached hydrogens (primary N) is 1. The monoisotopic (exact) mass is 399 g/mol. The number of amides is 2. The molecule has 0 spiro atoms. The van der Waals surface area contributed by atoms with E-state index in [0.717, 1.165) is 25.7 Å². The summed E-state index contributed by atoms with van der Waals surface area (Å²) in [6.45, 7) is 1.10. The second-order valence-corrected chi connectivity index (χ2v) is 7.70. The Kier molecular flexibility index (Phi) is 7.33. The van der Waals surface area contributed by atoms with Gasteiger partial charge < -0.3 is 16.0 Å². The fourth-order valence-electron chi connectivity index (χ4n) is 4.06. The molecule has 1 saturated carbocycles. The third-order valence-electron chi connectivity index (χ3n) is 5.57. The molecule has 1 aliphatic carbocycles. The normalized spacial score (nSPS) is 22.0. The molecule has 3 rings (SSSR count). The predicted molar refractivity (Wildman–Crippen MR) is 107 cm³/mol. The van der Waals surface area contributed by atoms with Gasteiger partial charge in [-0.25, -0.2) is 0 Å². The first-order valence-electron chi connectivity index (χ1n) is 9.10. The van der Waals surface area contributed by atoms with Gasteiger partial charge in [0.25, 0.3) is 0 Å². The van der Waals surface area contributed by atoms with Crippen molar-refractivity contribution < 1.29 is 9.59 Å². The summed E-state index contributed by atoms with van der Waals surface area (Å²) in [6, 6.07) is 6.82. The van der Waals surface area contributed by atoms with E-state index in [4.69, 9.17) is 17.3 Å². The zero-order valence-electron chi connectivity index (χ0n) is 14.9. The van der Waals surface area contributed by atoms with E-state index >= 15 is 0 Å². The fourth-order valence-corrected chi connectivity index (χ4v) is 4.30. The molecule has 1 aromatic rings. The smallest absolute Gasteiger partial charge is 0.249 e. The van der Waals surface area contributed by atoms with Crippen LogP contribution in [0.2, 0.25) is 5.02 Å². The maximum atomic E-state index is 12.7. The number of halogens is 2. The molecule has 5 nitrogen and oxygen atoms in total. The largest absolute Gasteiger partial charge is 0.344 e. The summed E-state index contributed by atoms with van der Waals surface area (Å²) in [6.07, 6.45) is 6.50. The molecule has 1 heterocycles. The highest BCUT2D eigenvalue weighted by molar-refractivity contribution is 6.34. The van der Waals surface area contributed by atoms with Gasteiger partial charge in [0.2, 0.25) is 11.8 Å². The lowest BCUT2D eigenvalue weighted by molar-refractivity contribution is -0.128. The van der Waals surface area contributed by atoms with E-state index in [1.807, 2.05) is 18.2 Å². The summed E-state index contributed by atoms with van der Waals surface area (Å²) in [7, 11) is 0. The van der Waals surface area contributed by atoms with Crippen molar-refractivity contribution in [2.75, 3.05) is 18.0 Å². The first kappa shape index (κ1) is 21.0. The second kappa shape index (κ2) is 9.07. The summed E-state index contributed by atoms with van der Waals surface area (Å²) < 4.78 is 0. The summed E-state index contributed by atoms with van der Waals surface area (Å²) in [4.78, 5) is 26.8. The van der Waals surface area contributed by atoms with Crippen molar-refractivity contribution >= 4 is 41.5 Å². The topological polar surface area (TPSA) is 75.4 Å². The minimum Gasteiger partial charge on any atom is -0.344 e. The number of hydrogen-bond donors (Lipinski definition) is 2. The van der Waals surface area contributed by atoms with Crippen molar-refractivity contribution in [2.24, 2.45) is 11.1 Å². The van der Waals surface area contributed by atoms with Gasteiger partial charge in [-0.1, -0.05) is 43.0 Å². The zero-order chi connectivity index (χ0) is 17.9. The van der Waals surface area contributed by atoms with Crippen molar-refractivity contribution in [3.63, 3.8) is 0 Å². The van der Waals surface area contributed by atoms with Crippen LogP contribution < -0.4 is 16.0 Å². The van der Waals surface area contributed by atoms with Crippen molar-refractivity contribution in [1.29, 1.82) is 0 Å². The summed E-state index contributed by atoms with van der Waals surface area (Å²) >= 11 is 6.19. The van der Waals surface area contributed by atoms with E-state index in [0.29, 0.717) is 36.6 Å². The molecule has 26 heavy (non-hydrogen) atoms. The number of nitrogens with zero attached hydrogens (tertiary/aromatic N) is 1. The molecule has 1 unspecified atom stereocenters. The molecule has 2 amide bonds. The molecule has 144 valence electrons. The Bertz CT molecular complexity index is 647. The third kappa shape index (κ3) is 4.51. The lowest BCUT2D eigenvalue weighted by Crippen LogP contribution is -2.45. The molecule has 2 fully saturated rings. The highest BCUT2D eigenvalue weighted by Crippen LogP contribution is 2.38. The Labute approximate surface area is 166 Å². The van der Waals surface area contributed by atoms with Crippen LogP contribution >= 0.6 is 24.0 Å². The maximum Gasteiger partial charge on any atom is 0.249 e. The minimum atomic E-state index is -0.470. The number of carbonyl (C=O) groups excluding carboxylic acids is 2. The van der Waals surface area contributed by atoms with Gasteiger partial charge in [-0.15, -0.1) is 12.4 Å². The van der Waals surface area contributed by atoms with Gasteiger partial charge in [-0.05, 0) is 43.4 Å². The Balaban J connectivity index is 0.00000243. The van der Waals surface area contributed by atoms with Gasteiger partial charge in [0.15, 0.2) is 0 Å². The Morgan fingerprint density at radius 1 is 1.27 bits per heavy atom. The Hall–Kier alpha value is -1.30. The van der Waals surface area contributed by atoms with Crippen molar-refractivity contribution in [1.82, 2.24) is 5.32 Å². The van der Waals surface area contributed by atoms with Crippen LogP contribution in [0.4, 0.5) is 5.69 Å². The molecule has 1 atom stereocenters. The molecule has 1 aromatic carbocycles. The molecule has 1 saturated heterocycles. The van der Waals surface area contributed by atoms with Crippen LogP contribution in [0.1, 0.15) is 44.9 Å². The molecular formula is C19H27Cl2N3O2. The average molecular weight is 400 g/mol. The van der Waals surface area contributed by atoms with E-state index in [9.17, 15) is 9.59 Å². The molecule has 1 aliphatic heterocycles. The number of benzene rings is 1. The molecule has 3 N–H and O–H groups in total. The quantitative estimate of drug-likeness (QED) is 0.797. The van der Waals surface area contributed by atoms with Gasteiger partial charge in [0.05, 0.1) is 10.7 Å². The summed E-state index contributed by atoms with van der Waals surface area (Å²) in [5, 5.41) is 3.47. The highest BCUT2D eigenvalue weighted by atomic mass is 35.5. The fraction of sp³-hybridized carbons (Fsp3) is 0.579. The lowest BCUT2D eigenvalue weighted by Gasteiger charge is -2.35. The van der Waals surface area contributed by atoms with Crippen LogP contribution in [-0.4, -0.2) is 30.9 Å². The van der Waals surface area contributed by atoms with Gasteiger partial charge in [-0.2, -0.15) is 0 Å². The number of nitrogens with one attached hydrogen (secondary N) is 1. The molecule has 2 aliphatic rings. The Morgan fingerprint density at radius 2 is 1.96 bits per heavy atom. The van der Waals surface area contributed by atoms with Crippen molar-refractivity contribution in [3.8, 4) is 0 Å². The summed E-state index contributed by atoms with van der Waals surface area (Å²) in [5.41, 5.74) is 6.58. The van der Waals surface area contributed by atoms with Crippen molar-refractivity contribution in [3.05, 3.63) is 29.3 Å². The second-order valence-electron chi connectivity index (χ2n) is 7.29. The predicted octanol–water partition coefficient (Wildman–Crippen LogP) is 3.28. The minimum absolute atomic E-state index is 0. The number of anilines is 1. The van der Waals surface area contributed by atoms with Crippen LogP contribution in [0.3, 0.4) is 0 Å². The first-order chi connectivity index (χ1) is 12.0. The van der Waals surface area contributed by atoms with Gasteiger partial charge in [-0.3, -0.25) is 9.59 Å². The number of hydrogen-bond acceptors (Lipinski definition) is 3. The number of para-hydroxylation sites is 1. The molecule has 0 bridgehead atoms. The maximum absolute atomic E-state index is 12.7. The zero-order valence-corrected chi connectivity index (χ0v) is 16.5. The average Bonchev–Trinajstić information content (AvgIpc) is 2.96. The molecule has 7 heteroatoms. The summed E-state index contributed by atoms with van der Waals surface area (Å²) in [5.74, 6) is -0.154. The standard InChI is InChI=1S/C19H26ClN3O2.ClH/c20-14-6-2-3-7-16(14)23-11-8-15(18(23)25)22-17(24)12-19(13-21)9-4-1-5-10-19;/h2-3,6-7,15H,1,4-5,8-13,21H2,(H,22,24);1H.